The summed E-state index contributed by atoms with van der Waals surface area (Å²) in [6.07, 6.45) is 1.74. The lowest BCUT2D eigenvalue weighted by Crippen LogP contribution is -2.29. The molecule has 1 heterocycles. The number of thioether (sulfide) groups is 1. The molecule has 0 fully saturated rings. The topological polar surface area (TPSA) is 94.0 Å². The molecule has 7 heteroatoms. The second-order valence-electron chi connectivity index (χ2n) is 3.99. The van der Waals surface area contributed by atoms with Crippen LogP contribution in [0, 0.1) is 0 Å². The van der Waals surface area contributed by atoms with E-state index in [4.69, 9.17) is 11.6 Å². The molecule has 0 radical (unpaired) electrons. The summed E-state index contributed by atoms with van der Waals surface area (Å²) in [4.78, 5) is 16.5. The molecule has 1 aromatic carbocycles. The monoisotopic (exact) mass is 352 g/mol. The van der Waals surface area contributed by atoms with E-state index < -0.39 is 0 Å². The average Bonchev–Trinajstić information content (AvgIpc) is 2.46. The van der Waals surface area contributed by atoms with Crippen molar-refractivity contribution in [3.63, 3.8) is 0 Å². The third-order valence-corrected chi connectivity index (χ3v) is 4.37. The standard InChI is InChI=1S/C13H13BrN4OS/c14-11-5-8(13(19)18-16)1-2-9(11)7-20-10-3-4-12(15)17-6-10/h1-6H,7,16H2,(H2,15,17)(H,18,19). The summed E-state index contributed by atoms with van der Waals surface area (Å²) in [5.74, 6) is 6.06. The van der Waals surface area contributed by atoms with Gasteiger partial charge < -0.3 is 5.73 Å². The molecule has 104 valence electrons. The molecule has 0 aliphatic heterocycles. The maximum absolute atomic E-state index is 11.4. The summed E-state index contributed by atoms with van der Waals surface area (Å²) < 4.78 is 0.870. The predicted molar refractivity (Wildman–Crippen MR) is 84.0 cm³/mol. The van der Waals surface area contributed by atoms with Crippen molar-refractivity contribution in [2.45, 2.75) is 10.6 Å². The van der Waals surface area contributed by atoms with Gasteiger partial charge in [-0.1, -0.05) is 22.0 Å². The second-order valence-corrected chi connectivity index (χ2v) is 5.89. The van der Waals surface area contributed by atoms with Gasteiger partial charge in [-0.25, -0.2) is 10.8 Å². The van der Waals surface area contributed by atoms with Gasteiger partial charge in [-0.2, -0.15) is 0 Å². The first-order valence-electron chi connectivity index (χ1n) is 5.74. The fraction of sp³-hybridized carbons (Fsp3) is 0.0769. The van der Waals surface area contributed by atoms with Crippen LogP contribution in [-0.2, 0) is 5.75 Å². The molecule has 0 spiro atoms. The van der Waals surface area contributed by atoms with Crippen LogP contribution in [0.25, 0.3) is 0 Å². The summed E-state index contributed by atoms with van der Waals surface area (Å²) in [6.45, 7) is 0. The molecule has 0 bridgehead atoms. The number of hydrazine groups is 1. The maximum atomic E-state index is 11.4. The number of nitrogen functional groups attached to an aromatic ring is 2. The first kappa shape index (κ1) is 14.8. The molecular weight excluding hydrogens is 340 g/mol. The number of hydrogen-bond donors (Lipinski definition) is 3. The van der Waals surface area contributed by atoms with Crippen LogP contribution in [0.15, 0.2) is 45.9 Å². The Kier molecular flexibility index (Phi) is 4.99. The smallest absolute Gasteiger partial charge is 0.265 e. The first-order chi connectivity index (χ1) is 9.60. The Hall–Kier alpha value is -1.57. The highest BCUT2D eigenvalue weighted by atomic mass is 79.9. The van der Waals surface area contributed by atoms with Crippen LogP contribution in [0.1, 0.15) is 15.9 Å². The molecule has 1 aromatic heterocycles. The van der Waals surface area contributed by atoms with Crippen molar-refractivity contribution >= 4 is 39.4 Å². The third-order valence-electron chi connectivity index (χ3n) is 2.60. The summed E-state index contributed by atoms with van der Waals surface area (Å²) in [7, 11) is 0. The van der Waals surface area contributed by atoms with Gasteiger partial charge in [-0.15, -0.1) is 11.8 Å². The Balaban J connectivity index is 2.06. The number of amides is 1. The molecule has 0 atom stereocenters. The van der Waals surface area contributed by atoms with Gasteiger partial charge >= 0.3 is 0 Å². The lowest BCUT2D eigenvalue weighted by atomic mass is 10.1. The number of anilines is 1. The van der Waals surface area contributed by atoms with Gasteiger partial charge in [-0.05, 0) is 29.8 Å². The number of aromatic nitrogens is 1. The minimum Gasteiger partial charge on any atom is -0.384 e. The summed E-state index contributed by atoms with van der Waals surface area (Å²) in [5, 5.41) is 0. The first-order valence-corrected chi connectivity index (χ1v) is 7.51. The van der Waals surface area contributed by atoms with Gasteiger partial charge in [0.15, 0.2) is 0 Å². The van der Waals surface area contributed by atoms with Crippen LogP contribution in [0.2, 0.25) is 0 Å². The largest absolute Gasteiger partial charge is 0.384 e. The van der Waals surface area contributed by atoms with Gasteiger partial charge in [0.2, 0.25) is 0 Å². The lowest BCUT2D eigenvalue weighted by Gasteiger charge is -2.07. The molecule has 5 N–H and O–H groups in total. The quantitative estimate of drug-likeness (QED) is 0.339. The van der Waals surface area contributed by atoms with Crippen molar-refractivity contribution in [2.75, 3.05) is 5.73 Å². The van der Waals surface area contributed by atoms with Gasteiger partial charge in [0.1, 0.15) is 5.82 Å². The van der Waals surface area contributed by atoms with Crippen molar-refractivity contribution in [1.82, 2.24) is 10.4 Å². The molecule has 0 aliphatic carbocycles. The van der Waals surface area contributed by atoms with E-state index in [1.807, 2.05) is 12.1 Å². The number of pyridine rings is 1. The Morgan fingerprint density at radius 3 is 2.75 bits per heavy atom. The average molecular weight is 353 g/mol. The van der Waals surface area contributed by atoms with Gasteiger partial charge in [0.05, 0.1) is 0 Å². The molecule has 0 saturated carbocycles. The zero-order chi connectivity index (χ0) is 14.5. The number of nitrogens with two attached hydrogens (primary N) is 2. The molecule has 5 nitrogen and oxygen atoms in total. The van der Waals surface area contributed by atoms with E-state index in [-0.39, 0.29) is 5.91 Å². The van der Waals surface area contributed by atoms with E-state index >= 15 is 0 Å². The van der Waals surface area contributed by atoms with E-state index in [9.17, 15) is 4.79 Å². The SMILES string of the molecule is NNC(=O)c1ccc(CSc2ccc(N)nc2)c(Br)c1. The van der Waals surface area contributed by atoms with E-state index in [2.05, 4.69) is 26.3 Å². The molecule has 1 amide bonds. The number of carbonyl (C=O) groups excluding carboxylic acids is 1. The van der Waals surface area contributed by atoms with Crippen molar-refractivity contribution in [3.8, 4) is 0 Å². The van der Waals surface area contributed by atoms with Crippen LogP contribution in [-0.4, -0.2) is 10.9 Å². The summed E-state index contributed by atoms with van der Waals surface area (Å²) in [6, 6.07) is 9.08. The molecule has 0 aliphatic rings. The Morgan fingerprint density at radius 1 is 1.35 bits per heavy atom. The van der Waals surface area contributed by atoms with Crippen LogP contribution < -0.4 is 17.0 Å². The highest BCUT2D eigenvalue weighted by Gasteiger charge is 2.07. The number of halogens is 1. The third kappa shape index (κ3) is 3.72. The molecule has 0 unspecified atom stereocenters. The van der Waals surface area contributed by atoms with Crippen molar-refractivity contribution in [2.24, 2.45) is 5.84 Å². The minimum atomic E-state index is -0.312. The van der Waals surface area contributed by atoms with E-state index in [0.29, 0.717) is 11.4 Å². The number of benzene rings is 1. The lowest BCUT2D eigenvalue weighted by molar-refractivity contribution is 0.0953. The van der Waals surface area contributed by atoms with Gasteiger partial charge in [0, 0.05) is 26.9 Å². The number of carbonyl (C=O) groups is 1. The van der Waals surface area contributed by atoms with Crippen LogP contribution >= 0.6 is 27.7 Å². The number of hydrogen-bond acceptors (Lipinski definition) is 5. The highest BCUT2D eigenvalue weighted by Crippen LogP contribution is 2.27. The van der Waals surface area contributed by atoms with E-state index in [1.54, 1.807) is 36.2 Å². The summed E-state index contributed by atoms with van der Waals surface area (Å²) >= 11 is 5.10. The maximum Gasteiger partial charge on any atom is 0.265 e. The second kappa shape index (κ2) is 6.74. The fourth-order valence-electron chi connectivity index (χ4n) is 1.53. The number of rotatable bonds is 4. The Bertz CT molecular complexity index is 618. The molecular formula is C13H13BrN4OS. The molecule has 2 rings (SSSR count). The van der Waals surface area contributed by atoms with Crippen LogP contribution in [0.4, 0.5) is 5.82 Å². The zero-order valence-corrected chi connectivity index (χ0v) is 12.9. The highest BCUT2D eigenvalue weighted by molar-refractivity contribution is 9.10. The van der Waals surface area contributed by atoms with Gasteiger partial charge in [-0.3, -0.25) is 10.2 Å². The van der Waals surface area contributed by atoms with Gasteiger partial charge in [0.25, 0.3) is 5.91 Å². The number of nitrogens with zero attached hydrogens (tertiary/aromatic N) is 1. The fourth-order valence-corrected chi connectivity index (χ4v) is 3.10. The van der Waals surface area contributed by atoms with E-state index in [0.717, 1.165) is 20.7 Å². The van der Waals surface area contributed by atoms with Crippen molar-refractivity contribution < 1.29 is 4.79 Å². The van der Waals surface area contributed by atoms with Crippen molar-refractivity contribution in [1.29, 1.82) is 0 Å². The predicted octanol–water partition coefficient (Wildman–Crippen LogP) is 2.32. The normalized spacial score (nSPS) is 10.3. The number of nitrogens with one attached hydrogen (secondary N) is 1. The Labute approximate surface area is 129 Å². The Morgan fingerprint density at radius 2 is 2.15 bits per heavy atom. The van der Waals surface area contributed by atoms with Crippen LogP contribution in [0.5, 0.6) is 0 Å². The van der Waals surface area contributed by atoms with E-state index in [1.165, 1.54) is 0 Å². The van der Waals surface area contributed by atoms with Crippen LogP contribution in [0.3, 0.4) is 0 Å². The molecule has 20 heavy (non-hydrogen) atoms. The zero-order valence-electron chi connectivity index (χ0n) is 10.5. The summed E-state index contributed by atoms with van der Waals surface area (Å²) in [5.41, 5.74) is 9.25. The van der Waals surface area contributed by atoms with Crippen molar-refractivity contribution in [3.05, 3.63) is 52.1 Å². The minimum absolute atomic E-state index is 0.312. The molecule has 2 aromatic rings. The molecule has 0 saturated heterocycles.